The summed E-state index contributed by atoms with van der Waals surface area (Å²) in [6.07, 6.45) is 0. The van der Waals surface area contributed by atoms with Crippen molar-refractivity contribution < 1.29 is 0 Å². The predicted octanol–water partition coefficient (Wildman–Crippen LogP) is 1.13. The van der Waals surface area contributed by atoms with Crippen molar-refractivity contribution in [3.8, 4) is 0 Å². The molecule has 1 aromatic carbocycles. The molecule has 102 valence electrons. The molecule has 7 heteroatoms. The lowest BCUT2D eigenvalue weighted by molar-refractivity contribution is 0.709. The minimum atomic E-state index is 0.629. The van der Waals surface area contributed by atoms with Crippen molar-refractivity contribution in [2.45, 2.75) is 13.5 Å². The zero-order valence-corrected chi connectivity index (χ0v) is 11.1. The standard InChI is InChI=1S/C13H15N7/c1-2-19(9-10-5-3-4-6-11(10)14)13-8-7-12-15-17-18-20(12)16-13/h3-8H,2,9,14H2,1H3. The van der Waals surface area contributed by atoms with Crippen molar-refractivity contribution in [1.82, 2.24) is 25.3 Å². The molecule has 0 amide bonds. The van der Waals surface area contributed by atoms with E-state index >= 15 is 0 Å². The highest BCUT2D eigenvalue weighted by atomic mass is 15.6. The van der Waals surface area contributed by atoms with Gasteiger partial charge in [-0.2, -0.15) is 0 Å². The van der Waals surface area contributed by atoms with Crippen LogP contribution < -0.4 is 10.6 Å². The summed E-state index contributed by atoms with van der Waals surface area (Å²) in [6.45, 7) is 3.59. The average Bonchev–Trinajstić information content (AvgIpc) is 2.94. The monoisotopic (exact) mass is 269 g/mol. The summed E-state index contributed by atoms with van der Waals surface area (Å²) in [7, 11) is 0. The van der Waals surface area contributed by atoms with E-state index in [1.165, 1.54) is 4.63 Å². The number of hydrogen-bond acceptors (Lipinski definition) is 6. The van der Waals surface area contributed by atoms with Crippen LogP contribution in [0.3, 0.4) is 0 Å². The number of nitrogens with two attached hydrogens (primary N) is 1. The third-order valence-corrected chi connectivity index (χ3v) is 3.18. The molecule has 0 spiro atoms. The second-order valence-electron chi connectivity index (χ2n) is 4.43. The molecule has 3 rings (SSSR count). The van der Waals surface area contributed by atoms with Crippen molar-refractivity contribution in [2.75, 3.05) is 17.2 Å². The summed E-state index contributed by atoms with van der Waals surface area (Å²) >= 11 is 0. The van der Waals surface area contributed by atoms with Crippen molar-refractivity contribution >= 4 is 17.2 Å². The Morgan fingerprint density at radius 1 is 1.20 bits per heavy atom. The summed E-state index contributed by atoms with van der Waals surface area (Å²) in [6, 6.07) is 11.6. The number of nitrogen functional groups attached to an aromatic ring is 1. The number of benzene rings is 1. The lowest BCUT2D eigenvalue weighted by Gasteiger charge is -2.22. The van der Waals surface area contributed by atoms with Crippen LogP contribution in [0.2, 0.25) is 0 Å². The van der Waals surface area contributed by atoms with Gasteiger partial charge in [0, 0.05) is 18.8 Å². The third kappa shape index (κ3) is 2.25. The lowest BCUT2D eigenvalue weighted by atomic mass is 10.1. The van der Waals surface area contributed by atoms with Gasteiger partial charge in [0.15, 0.2) is 11.5 Å². The van der Waals surface area contributed by atoms with Crippen LogP contribution in [-0.4, -0.2) is 31.8 Å². The smallest absolute Gasteiger partial charge is 0.200 e. The molecule has 0 saturated heterocycles. The van der Waals surface area contributed by atoms with Gasteiger partial charge in [-0.1, -0.05) is 18.2 Å². The molecule has 3 aromatic rings. The molecule has 0 bridgehead atoms. The summed E-state index contributed by atoms with van der Waals surface area (Å²) < 4.78 is 1.42. The van der Waals surface area contributed by atoms with E-state index in [4.69, 9.17) is 5.73 Å². The Balaban J connectivity index is 1.91. The quantitative estimate of drug-likeness (QED) is 0.715. The summed E-state index contributed by atoms with van der Waals surface area (Å²) in [4.78, 5) is 2.12. The Bertz CT molecular complexity index is 721. The van der Waals surface area contributed by atoms with E-state index in [1.54, 1.807) is 0 Å². The molecule has 0 atom stereocenters. The molecule has 0 saturated carbocycles. The molecule has 0 fully saturated rings. The van der Waals surface area contributed by atoms with Crippen LogP contribution in [0.4, 0.5) is 11.5 Å². The predicted molar refractivity (Wildman–Crippen MR) is 76.2 cm³/mol. The maximum absolute atomic E-state index is 5.99. The largest absolute Gasteiger partial charge is 0.398 e. The number of aromatic nitrogens is 5. The van der Waals surface area contributed by atoms with Crippen LogP contribution >= 0.6 is 0 Å². The van der Waals surface area contributed by atoms with Crippen LogP contribution in [0.1, 0.15) is 12.5 Å². The number of tetrazole rings is 1. The molecule has 0 unspecified atom stereocenters. The van der Waals surface area contributed by atoms with Gasteiger partial charge >= 0.3 is 0 Å². The zero-order valence-electron chi connectivity index (χ0n) is 11.1. The fourth-order valence-corrected chi connectivity index (χ4v) is 2.05. The van der Waals surface area contributed by atoms with E-state index in [9.17, 15) is 0 Å². The maximum Gasteiger partial charge on any atom is 0.200 e. The zero-order chi connectivity index (χ0) is 13.9. The first-order valence-corrected chi connectivity index (χ1v) is 6.41. The summed E-state index contributed by atoms with van der Waals surface area (Å²) in [5.74, 6) is 0.815. The van der Waals surface area contributed by atoms with Gasteiger partial charge < -0.3 is 10.6 Å². The number of hydrogen-bond donors (Lipinski definition) is 1. The molecular formula is C13H15N7. The molecule has 0 aliphatic heterocycles. The highest BCUT2D eigenvalue weighted by Gasteiger charge is 2.10. The number of nitrogens with zero attached hydrogens (tertiary/aromatic N) is 6. The van der Waals surface area contributed by atoms with E-state index in [-0.39, 0.29) is 0 Å². The van der Waals surface area contributed by atoms with Crippen LogP contribution in [0.5, 0.6) is 0 Å². The first kappa shape index (κ1) is 12.3. The van der Waals surface area contributed by atoms with E-state index in [1.807, 2.05) is 36.4 Å². The first-order valence-electron chi connectivity index (χ1n) is 6.41. The van der Waals surface area contributed by atoms with Crippen molar-refractivity contribution in [2.24, 2.45) is 0 Å². The summed E-state index contributed by atoms with van der Waals surface area (Å²) in [5.41, 5.74) is 8.48. The second-order valence-corrected chi connectivity index (χ2v) is 4.43. The van der Waals surface area contributed by atoms with Crippen LogP contribution in [0.15, 0.2) is 36.4 Å². The van der Waals surface area contributed by atoms with Gasteiger partial charge in [-0.15, -0.1) is 14.8 Å². The van der Waals surface area contributed by atoms with Gasteiger partial charge in [-0.25, -0.2) is 0 Å². The second kappa shape index (κ2) is 5.12. The minimum Gasteiger partial charge on any atom is -0.398 e. The van der Waals surface area contributed by atoms with Gasteiger partial charge in [0.2, 0.25) is 0 Å². The van der Waals surface area contributed by atoms with E-state index < -0.39 is 0 Å². The number of fused-ring (bicyclic) bond motifs is 1. The fraction of sp³-hybridized carbons (Fsp3) is 0.231. The van der Waals surface area contributed by atoms with Crippen LogP contribution in [0.25, 0.3) is 5.65 Å². The summed E-state index contributed by atoms with van der Waals surface area (Å²) in [5, 5.41) is 15.6. The molecule has 7 nitrogen and oxygen atoms in total. The lowest BCUT2D eigenvalue weighted by Crippen LogP contribution is -2.24. The number of anilines is 2. The molecule has 0 radical (unpaired) electrons. The Hall–Kier alpha value is -2.70. The Labute approximate surface area is 116 Å². The third-order valence-electron chi connectivity index (χ3n) is 3.18. The van der Waals surface area contributed by atoms with E-state index in [2.05, 4.69) is 32.4 Å². The highest BCUT2D eigenvalue weighted by Crippen LogP contribution is 2.18. The molecule has 0 aliphatic rings. The average molecular weight is 269 g/mol. The van der Waals surface area contributed by atoms with E-state index in [0.29, 0.717) is 12.2 Å². The van der Waals surface area contributed by atoms with Crippen molar-refractivity contribution in [3.63, 3.8) is 0 Å². The first-order chi connectivity index (χ1) is 9.78. The van der Waals surface area contributed by atoms with E-state index in [0.717, 1.165) is 23.6 Å². The number of rotatable bonds is 4. The molecule has 2 aromatic heterocycles. The van der Waals surface area contributed by atoms with Gasteiger partial charge in [-0.3, -0.25) is 0 Å². The fourth-order valence-electron chi connectivity index (χ4n) is 2.05. The number of para-hydroxylation sites is 1. The molecule has 2 N–H and O–H groups in total. The van der Waals surface area contributed by atoms with Crippen molar-refractivity contribution in [3.05, 3.63) is 42.0 Å². The Kier molecular flexibility index (Phi) is 3.16. The maximum atomic E-state index is 5.99. The molecule has 2 heterocycles. The van der Waals surface area contributed by atoms with Gasteiger partial charge in [0.05, 0.1) is 0 Å². The van der Waals surface area contributed by atoms with Crippen LogP contribution in [0, 0.1) is 0 Å². The minimum absolute atomic E-state index is 0.629. The van der Waals surface area contributed by atoms with Gasteiger partial charge in [0.1, 0.15) is 0 Å². The molecule has 20 heavy (non-hydrogen) atoms. The normalized spacial score (nSPS) is 10.8. The Morgan fingerprint density at radius 2 is 2.05 bits per heavy atom. The molecular weight excluding hydrogens is 254 g/mol. The Morgan fingerprint density at radius 3 is 2.85 bits per heavy atom. The SMILES string of the molecule is CCN(Cc1ccccc1N)c1ccc2nnnn2n1. The van der Waals surface area contributed by atoms with Gasteiger partial charge in [-0.05, 0) is 41.1 Å². The topological polar surface area (TPSA) is 85.2 Å². The molecule has 0 aliphatic carbocycles. The highest BCUT2D eigenvalue weighted by molar-refractivity contribution is 5.50. The van der Waals surface area contributed by atoms with Crippen LogP contribution in [-0.2, 0) is 6.54 Å². The van der Waals surface area contributed by atoms with Crippen molar-refractivity contribution in [1.29, 1.82) is 0 Å². The van der Waals surface area contributed by atoms with Gasteiger partial charge in [0.25, 0.3) is 0 Å².